The Kier molecular flexibility index (Phi) is 6.54. The second-order valence-corrected chi connectivity index (χ2v) is 9.18. The summed E-state index contributed by atoms with van der Waals surface area (Å²) < 4.78 is 0. The van der Waals surface area contributed by atoms with Gasteiger partial charge in [0, 0.05) is 30.6 Å². The lowest BCUT2D eigenvalue weighted by molar-refractivity contribution is 0.270. The van der Waals surface area contributed by atoms with E-state index in [9.17, 15) is 0 Å². The highest BCUT2D eigenvalue weighted by atomic mass is 35.5. The molecule has 0 bridgehead atoms. The number of halogens is 1. The molecule has 2 aromatic rings. The molecule has 1 saturated heterocycles. The van der Waals surface area contributed by atoms with Crippen molar-refractivity contribution in [3.05, 3.63) is 40.9 Å². The van der Waals surface area contributed by atoms with E-state index >= 15 is 0 Å². The standard InChI is InChI=1S/C25H32ClN3/c1-18(20-7-4-3-5-8-20)13-14-27-25-19(2)17-23(26)24(28-25)21-9-11-22(12-10-21)29-15-6-16-29/h9-12,14,17-18,20H,3-8,13,15-16H2,1-2H3. The number of aliphatic imine (C=N–C) groups is 1. The lowest BCUT2D eigenvalue weighted by Crippen LogP contribution is -2.36. The Morgan fingerprint density at radius 1 is 1.14 bits per heavy atom. The summed E-state index contributed by atoms with van der Waals surface area (Å²) in [6.07, 6.45) is 11.3. The SMILES string of the molecule is Cc1cc(Cl)c(-c2ccc(N3CCC3)cc2)nc1N=CCC(C)C1CCCCC1. The van der Waals surface area contributed by atoms with Crippen LogP contribution in [0.25, 0.3) is 11.3 Å². The van der Waals surface area contributed by atoms with E-state index in [1.807, 2.05) is 13.0 Å². The Hall–Kier alpha value is -1.87. The van der Waals surface area contributed by atoms with Crippen molar-refractivity contribution in [2.45, 2.75) is 58.8 Å². The highest BCUT2D eigenvalue weighted by molar-refractivity contribution is 6.33. The largest absolute Gasteiger partial charge is 0.371 e. The Morgan fingerprint density at radius 3 is 2.52 bits per heavy atom. The van der Waals surface area contributed by atoms with Gasteiger partial charge in [0.15, 0.2) is 5.82 Å². The van der Waals surface area contributed by atoms with Crippen molar-refractivity contribution in [2.24, 2.45) is 16.8 Å². The second-order valence-electron chi connectivity index (χ2n) is 8.77. The Balaban J connectivity index is 1.47. The third kappa shape index (κ3) is 4.83. The smallest absolute Gasteiger partial charge is 0.155 e. The summed E-state index contributed by atoms with van der Waals surface area (Å²) in [5.74, 6) is 2.34. The van der Waals surface area contributed by atoms with Crippen LogP contribution in [0.3, 0.4) is 0 Å². The molecule has 3 nitrogen and oxygen atoms in total. The number of anilines is 1. The maximum atomic E-state index is 6.54. The highest BCUT2D eigenvalue weighted by Gasteiger charge is 2.19. The van der Waals surface area contributed by atoms with E-state index in [-0.39, 0.29) is 0 Å². The predicted octanol–water partition coefficient (Wildman–Crippen LogP) is 7.23. The number of benzene rings is 1. The van der Waals surface area contributed by atoms with E-state index in [1.165, 1.54) is 44.2 Å². The molecule has 1 unspecified atom stereocenters. The van der Waals surface area contributed by atoms with Crippen LogP contribution in [-0.2, 0) is 0 Å². The van der Waals surface area contributed by atoms with Gasteiger partial charge in [0.2, 0.25) is 0 Å². The molecular formula is C25H32ClN3. The summed E-state index contributed by atoms with van der Waals surface area (Å²) in [5.41, 5.74) is 4.17. The molecule has 4 heteroatoms. The molecule has 2 aliphatic rings. The van der Waals surface area contributed by atoms with E-state index in [2.05, 4.69) is 42.3 Å². The average molecular weight is 410 g/mol. The van der Waals surface area contributed by atoms with Crippen LogP contribution in [0.15, 0.2) is 35.3 Å². The lowest BCUT2D eigenvalue weighted by Gasteiger charge is -2.33. The normalized spacial score (nSPS) is 18.8. The van der Waals surface area contributed by atoms with Gasteiger partial charge < -0.3 is 4.90 Å². The minimum atomic E-state index is 0.689. The van der Waals surface area contributed by atoms with Crippen LogP contribution in [-0.4, -0.2) is 24.3 Å². The minimum Gasteiger partial charge on any atom is -0.371 e. The first-order valence-corrected chi connectivity index (χ1v) is 11.5. The molecule has 2 fully saturated rings. The van der Waals surface area contributed by atoms with Crippen molar-refractivity contribution in [3.8, 4) is 11.3 Å². The van der Waals surface area contributed by atoms with Gasteiger partial charge in [-0.25, -0.2) is 9.98 Å². The van der Waals surface area contributed by atoms with Gasteiger partial charge in [-0.1, -0.05) is 62.8 Å². The zero-order valence-corrected chi connectivity index (χ0v) is 18.5. The van der Waals surface area contributed by atoms with Gasteiger partial charge in [0.05, 0.1) is 10.7 Å². The van der Waals surface area contributed by atoms with E-state index in [0.717, 1.165) is 48.1 Å². The summed E-state index contributed by atoms with van der Waals surface area (Å²) in [7, 11) is 0. The van der Waals surface area contributed by atoms with Crippen molar-refractivity contribution in [3.63, 3.8) is 0 Å². The van der Waals surface area contributed by atoms with Gasteiger partial charge in [-0.2, -0.15) is 0 Å². The van der Waals surface area contributed by atoms with Gasteiger partial charge in [-0.05, 0) is 55.4 Å². The lowest BCUT2D eigenvalue weighted by atomic mass is 9.80. The van der Waals surface area contributed by atoms with Crippen molar-refractivity contribution in [1.29, 1.82) is 0 Å². The Morgan fingerprint density at radius 2 is 1.86 bits per heavy atom. The van der Waals surface area contributed by atoms with Crippen LogP contribution in [0, 0.1) is 18.8 Å². The Labute approximate surface area is 180 Å². The molecule has 154 valence electrons. The zero-order chi connectivity index (χ0) is 20.2. The average Bonchev–Trinajstić information content (AvgIpc) is 2.69. The molecule has 1 aromatic carbocycles. The molecule has 0 radical (unpaired) electrons. The summed E-state index contributed by atoms with van der Waals surface area (Å²) >= 11 is 6.54. The van der Waals surface area contributed by atoms with E-state index in [0.29, 0.717) is 10.9 Å². The number of pyridine rings is 1. The molecule has 0 amide bonds. The molecule has 4 rings (SSSR count). The minimum absolute atomic E-state index is 0.689. The van der Waals surface area contributed by atoms with Gasteiger partial charge >= 0.3 is 0 Å². The van der Waals surface area contributed by atoms with E-state index in [4.69, 9.17) is 21.6 Å². The number of hydrogen-bond donors (Lipinski definition) is 0. The van der Waals surface area contributed by atoms with E-state index in [1.54, 1.807) is 0 Å². The number of rotatable bonds is 6. The number of nitrogens with zero attached hydrogens (tertiary/aromatic N) is 3. The first-order chi connectivity index (χ1) is 14.1. The van der Waals surface area contributed by atoms with Crippen molar-refractivity contribution >= 4 is 29.3 Å². The number of aromatic nitrogens is 1. The molecule has 0 spiro atoms. The highest BCUT2D eigenvalue weighted by Crippen LogP contribution is 2.33. The molecule has 1 saturated carbocycles. The van der Waals surface area contributed by atoms with Gasteiger partial charge in [-0.3, -0.25) is 0 Å². The fraction of sp³-hybridized carbons (Fsp3) is 0.520. The van der Waals surface area contributed by atoms with Crippen LogP contribution in [0.5, 0.6) is 0 Å². The van der Waals surface area contributed by atoms with Gasteiger partial charge in [0.25, 0.3) is 0 Å². The van der Waals surface area contributed by atoms with E-state index < -0.39 is 0 Å². The summed E-state index contributed by atoms with van der Waals surface area (Å²) in [6.45, 7) is 6.71. The van der Waals surface area contributed by atoms with Crippen LogP contribution in [0.4, 0.5) is 11.5 Å². The third-order valence-corrected chi connectivity index (χ3v) is 6.94. The monoisotopic (exact) mass is 409 g/mol. The van der Waals surface area contributed by atoms with Crippen molar-refractivity contribution in [2.75, 3.05) is 18.0 Å². The van der Waals surface area contributed by atoms with Crippen LogP contribution in [0.2, 0.25) is 5.02 Å². The maximum Gasteiger partial charge on any atom is 0.155 e. The third-order valence-electron chi connectivity index (χ3n) is 6.65. The van der Waals surface area contributed by atoms with Crippen LogP contribution < -0.4 is 4.90 Å². The van der Waals surface area contributed by atoms with Gasteiger partial charge in [-0.15, -0.1) is 0 Å². The fourth-order valence-electron chi connectivity index (χ4n) is 4.51. The topological polar surface area (TPSA) is 28.5 Å². The van der Waals surface area contributed by atoms with Crippen molar-refractivity contribution in [1.82, 2.24) is 4.98 Å². The first-order valence-electron chi connectivity index (χ1n) is 11.2. The summed E-state index contributed by atoms with van der Waals surface area (Å²) in [5, 5.41) is 0.689. The number of aryl methyl sites for hydroxylation is 1. The van der Waals surface area contributed by atoms with Crippen LogP contribution >= 0.6 is 11.6 Å². The molecule has 1 atom stereocenters. The molecule has 1 aliphatic carbocycles. The predicted molar refractivity (Wildman–Crippen MR) is 125 cm³/mol. The van der Waals surface area contributed by atoms with Crippen molar-refractivity contribution < 1.29 is 0 Å². The molecular weight excluding hydrogens is 378 g/mol. The zero-order valence-electron chi connectivity index (χ0n) is 17.7. The molecule has 29 heavy (non-hydrogen) atoms. The Bertz CT molecular complexity index is 849. The maximum absolute atomic E-state index is 6.54. The number of hydrogen-bond acceptors (Lipinski definition) is 3. The quantitative estimate of drug-likeness (QED) is 0.470. The molecule has 0 N–H and O–H groups in total. The second kappa shape index (κ2) is 9.30. The fourth-order valence-corrected chi connectivity index (χ4v) is 4.82. The molecule has 1 aliphatic heterocycles. The van der Waals surface area contributed by atoms with Crippen LogP contribution in [0.1, 0.15) is 57.4 Å². The first kappa shape index (κ1) is 20.4. The molecule has 2 heterocycles. The van der Waals surface area contributed by atoms with Gasteiger partial charge in [0.1, 0.15) is 0 Å². The summed E-state index contributed by atoms with van der Waals surface area (Å²) in [4.78, 5) is 11.9. The molecule has 1 aromatic heterocycles. The summed E-state index contributed by atoms with van der Waals surface area (Å²) in [6, 6.07) is 10.6.